The number of carbonyl (C=O) groups excluding carboxylic acids is 3. The van der Waals surface area contributed by atoms with Crippen LogP contribution in [0.4, 0.5) is 4.79 Å². The van der Waals surface area contributed by atoms with Crippen molar-refractivity contribution >= 4 is 41.4 Å². The van der Waals surface area contributed by atoms with Gasteiger partial charge in [0.1, 0.15) is 51.7 Å². The Morgan fingerprint density at radius 2 is 1.92 bits per heavy atom. The number of rotatable bonds is 5. The lowest BCUT2D eigenvalue weighted by Gasteiger charge is -2.27. The highest BCUT2D eigenvalue weighted by Crippen LogP contribution is 2.32. The molecule has 1 aromatic carbocycles. The van der Waals surface area contributed by atoms with Crippen LogP contribution in [0.5, 0.6) is 11.5 Å². The first-order valence-corrected chi connectivity index (χ1v) is 11.8. The Bertz CT molecular complexity index is 1420. The minimum atomic E-state index is -0.852. The van der Waals surface area contributed by atoms with Crippen molar-refractivity contribution in [2.75, 3.05) is 13.2 Å². The zero-order chi connectivity index (χ0) is 26.9. The number of fused-ring (bicyclic) bond motifs is 1. The third-order valence-corrected chi connectivity index (χ3v) is 5.55. The van der Waals surface area contributed by atoms with E-state index in [4.69, 9.17) is 23.0 Å². The van der Waals surface area contributed by atoms with Crippen LogP contribution in [0.2, 0.25) is 0 Å². The lowest BCUT2D eigenvalue weighted by molar-refractivity contribution is -0.139. The van der Waals surface area contributed by atoms with Crippen LogP contribution in [-0.4, -0.2) is 52.8 Å². The number of esters is 2. The summed E-state index contributed by atoms with van der Waals surface area (Å²) in [5, 5.41) is 10.4. The van der Waals surface area contributed by atoms with E-state index in [1.807, 2.05) is 0 Å². The molecule has 4 rings (SSSR count). The molecule has 0 spiro atoms. The smallest absolute Gasteiger partial charge is 0.411 e. The van der Waals surface area contributed by atoms with Crippen LogP contribution < -0.4 is 10.2 Å². The Kier molecular flexibility index (Phi) is 8.41. The summed E-state index contributed by atoms with van der Waals surface area (Å²) >= 11 is 0. The number of benzene rings is 1. The largest absolute Gasteiger partial charge is 0.507 e. The SMILES string of the molecule is CCOC(=O)c1ccc(-c2coc3cc(OC(=O)[C@@H]4CCCN4C(=O)OC(C)(C)C)cc(O)c3c2=O)o1.Cl. The molecule has 1 N–H and O–H groups in total. The fraction of sp³-hybridized carbons (Fsp3) is 0.385. The first kappa shape index (κ1) is 28.6. The Morgan fingerprint density at radius 3 is 2.61 bits per heavy atom. The van der Waals surface area contributed by atoms with E-state index in [2.05, 4.69) is 0 Å². The van der Waals surface area contributed by atoms with Crippen molar-refractivity contribution in [3.63, 3.8) is 0 Å². The van der Waals surface area contributed by atoms with Crippen LogP contribution in [0.1, 0.15) is 51.1 Å². The van der Waals surface area contributed by atoms with Gasteiger partial charge in [0, 0.05) is 18.7 Å². The lowest BCUT2D eigenvalue weighted by atomic mass is 10.1. The van der Waals surface area contributed by atoms with Gasteiger partial charge in [0.15, 0.2) is 0 Å². The van der Waals surface area contributed by atoms with E-state index in [0.29, 0.717) is 19.4 Å². The minimum absolute atomic E-state index is 0. The number of furan rings is 1. The van der Waals surface area contributed by atoms with Gasteiger partial charge in [-0.2, -0.15) is 0 Å². The molecular formula is C26H28ClNO10. The van der Waals surface area contributed by atoms with Crippen LogP contribution in [0.15, 0.2) is 44.2 Å². The molecule has 0 unspecified atom stereocenters. The zero-order valence-corrected chi connectivity index (χ0v) is 22.1. The molecule has 12 heteroatoms. The molecule has 0 aliphatic carbocycles. The van der Waals surface area contributed by atoms with Gasteiger partial charge < -0.3 is 28.2 Å². The molecule has 0 bridgehead atoms. The summed E-state index contributed by atoms with van der Waals surface area (Å²) < 4.78 is 26.6. The van der Waals surface area contributed by atoms with Gasteiger partial charge >= 0.3 is 18.0 Å². The fourth-order valence-electron chi connectivity index (χ4n) is 3.97. The van der Waals surface area contributed by atoms with E-state index in [1.165, 1.54) is 23.1 Å². The third-order valence-electron chi connectivity index (χ3n) is 5.55. The number of phenols is 1. The van der Waals surface area contributed by atoms with Gasteiger partial charge in [0.2, 0.25) is 11.2 Å². The van der Waals surface area contributed by atoms with Crippen molar-refractivity contribution < 1.29 is 42.5 Å². The second-order valence-corrected chi connectivity index (χ2v) is 9.43. The number of ether oxygens (including phenoxy) is 3. The maximum absolute atomic E-state index is 13.1. The Labute approximate surface area is 223 Å². The van der Waals surface area contributed by atoms with Gasteiger partial charge in [-0.05, 0) is 52.7 Å². The standard InChI is InChI=1S/C26H27NO10.ClH/c1-5-33-24(31)19-9-8-18(36-19)15-13-34-20-12-14(11-17(28)21(20)22(15)29)35-23(30)16-7-6-10-27(16)25(32)37-26(2,3)4;/h8-9,11-13,16,28H,5-7,10H2,1-4H3;1H/t16-;/m0./s1. The molecule has 1 atom stereocenters. The number of aromatic hydroxyl groups is 1. The van der Waals surface area contributed by atoms with Crippen molar-refractivity contribution in [3.05, 3.63) is 46.5 Å². The second-order valence-electron chi connectivity index (χ2n) is 9.43. The third kappa shape index (κ3) is 5.94. The summed E-state index contributed by atoms with van der Waals surface area (Å²) in [6.07, 6.45) is 1.50. The number of likely N-dealkylation sites (tertiary alicyclic amines) is 1. The Hall–Kier alpha value is -3.99. The molecule has 0 radical (unpaired) electrons. The summed E-state index contributed by atoms with van der Waals surface area (Å²) in [6, 6.07) is 4.32. The Morgan fingerprint density at radius 1 is 1.18 bits per heavy atom. The number of halogens is 1. The van der Waals surface area contributed by atoms with Gasteiger partial charge in [-0.15, -0.1) is 12.4 Å². The van der Waals surface area contributed by atoms with E-state index in [1.54, 1.807) is 27.7 Å². The summed E-state index contributed by atoms with van der Waals surface area (Å²) in [5.41, 5.74) is -1.40. The number of hydrogen-bond acceptors (Lipinski definition) is 10. The molecule has 3 aromatic rings. The maximum atomic E-state index is 13.1. The highest BCUT2D eigenvalue weighted by Gasteiger charge is 2.38. The number of phenolic OH excluding ortho intramolecular Hbond substituents is 1. The number of amides is 1. The number of hydrogen-bond donors (Lipinski definition) is 1. The number of carbonyl (C=O) groups is 3. The molecule has 11 nitrogen and oxygen atoms in total. The summed E-state index contributed by atoms with van der Waals surface area (Å²) in [7, 11) is 0. The highest BCUT2D eigenvalue weighted by atomic mass is 35.5. The van der Waals surface area contributed by atoms with Crippen molar-refractivity contribution in [1.29, 1.82) is 0 Å². The van der Waals surface area contributed by atoms with E-state index in [-0.39, 0.29) is 52.8 Å². The topological polar surface area (TPSA) is 146 Å². The maximum Gasteiger partial charge on any atom is 0.411 e. The monoisotopic (exact) mass is 549 g/mol. The van der Waals surface area contributed by atoms with Crippen LogP contribution in [0.3, 0.4) is 0 Å². The molecule has 3 heterocycles. The minimum Gasteiger partial charge on any atom is -0.507 e. The van der Waals surface area contributed by atoms with Gasteiger partial charge in [-0.1, -0.05) is 0 Å². The van der Waals surface area contributed by atoms with Crippen LogP contribution >= 0.6 is 12.4 Å². The highest BCUT2D eigenvalue weighted by molar-refractivity contribution is 5.90. The van der Waals surface area contributed by atoms with E-state index < -0.39 is 40.9 Å². The van der Waals surface area contributed by atoms with Crippen LogP contribution in [-0.2, 0) is 14.3 Å². The van der Waals surface area contributed by atoms with Crippen LogP contribution in [0.25, 0.3) is 22.3 Å². The molecule has 1 amide bonds. The predicted molar refractivity (Wildman–Crippen MR) is 137 cm³/mol. The van der Waals surface area contributed by atoms with Gasteiger partial charge in [-0.3, -0.25) is 9.69 Å². The van der Waals surface area contributed by atoms with E-state index in [0.717, 1.165) is 12.3 Å². The van der Waals surface area contributed by atoms with E-state index >= 15 is 0 Å². The molecule has 1 fully saturated rings. The first-order valence-electron chi connectivity index (χ1n) is 11.8. The fourth-order valence-corrected chi connectivity index (χ4v) is 3.97. The average Bonchev–Trinajstić information content (AvgIpc) is 3.48. The van der Waals surface area contributed by atoms with Crippen LogP contribution in [0, 0.1) is 0 Å². The molecule has 204 valence electrons. The molecule has 0 saturated carbocycles. The normalized spacial score (nSPS) is 15.2. The Balaban J connectivity index is 0.00000400. The van der Waals surface area contributed by atoms with Crippen molar-refractivity contribution in [3.8, 4) is 22.8 Å². The average molecular weight is 550 g/mol. The zero-order valence-electron chi connectivity index (χ0n) is 21.3. The van der Waals surface area contributed by atoms with Gasteiger partial charge in [-0.25, -0.2) is 14.4 Å². The quantitative estimate of drug-likeness (QED) is 0.352. The molecular weight excluding hydrogens is 522 g/mol. The summed E-state index contributed by atoms with van der Waals surface area (Å²) in [6.45, 7) is 7.36. The molecule has 2 aromatic heterocycles. The predicted octanol–water partition coefficient (Wildman–Crippen LogP) is 4.66. The van der Waals surface area contributed by atoms with Crippen molar-refractivity contribution in [2.24, 2.45) is 0 Å². The van der Waals surface area contributed by atoms with Gasteiger partial charge in [0.05, 0.1) is 6.61 Å². The first-order chi connectivity index (χ1) is 17.5. The molecule has 1 saturated heterocycles. The molecule has 38 heavy (non-hydrogen) atoms. The number of nitrogens with zero attached hydrogens (tertiary/aromatic N) is 1. The van der Waals surface area contributed by atoms with Crippen molar-refractivity contribution in [2.45, 2.75) is 52.2 Å². The van der Waals surface area contributed by atoms with Gasteiger partial charge in [0.25, 0.3) is 0 Å². The summed E-state index contributed by atoms with van der Waals surface area (Å²) in [5.74, 6) is -1.97. The summed E-state index contributed by atoms with van der Waals surface area (Å²) in [4.78, 5) is 51.6. The lowest BCUT2D eigenvalue weighted by Crippen LogP contribution is -2.44. The van der Waals surface area contributed by atoms with Crippen molar-refractivity contribution in [1.82, 2.24) is 4.90 Å². The molecule has 1 aliphatic rings. The second kappa shape index (κ2) is 11.2. The van der Waals surface area contributed by atoms with E-state index in [9.17, 15) is 24.3 Å². The molecule has 1 aliphatic heterocycles.